The van der Waals surface area contributed by atoms with E-state index in [0.29, 0.717) is 19.0 Å². The maximum atomic E-state index is 12.6. The predicted octanol–water partition coefficient (Wildman–Crippen LogP) is 5.45. The van der Waals surface area contributed by atoms with Gasteiger partial charge in [0, 0.05) is 24.7 Å². The lowest BCUT2D eigenvalue weighted by Crippen LogP contribution is -2.42. The smallest absolute Gasteiger partial charge is 0.497 e. The Kier molecular flexibility index (Phi) is 8.91. The summed E-state index contributed by atoms with van der Waals surface area (Å²) in [5.74, 6) is 6.86. The molecule has 1 aliphatic heterocycles. The summed E-state index contributed by atoms with van der Waals surface area (Å²) in [4.78, 5) is 6.60. The van der Waals surface area contributed by atoms with Gasteiger partial charge in [-0.1, -0.05) is 24.0 Å². The molecule has 2 atom stereocenters. The molecule has 0 radical (unpaired) electrons. The number of aliphatic hydroxyl groups is 1. The Balaban J connectivity index is 1.31. The van der Waals surface area contributed by atoms with Crippen LogP contribution in [0.4, 0.5) is 13.2 Å². The third-order valence-corrected chi connectivity index (χ3v) is 6.91. The van der Waals surface area contributed by atoms with Gasteiger partial charge < -0.3 is 14.6 Å². The number of hydrogen-bond acceptors (Lipinski definition) is 5. The molecule has 1 saturated heterocycles. The molecule has 2 aromatic carbocycles. The van der Waals surface area contributed by atoms with E-state index in [2.05, 4.69) is 32.5 Å². The number of ether oxygens (including phenoxy) is 2. The monoisotopic (exact) mass is 512 g/mol. The molecule has 196 valence electrons. The maximum absolute atomic E-state index is 12.6. The number of nitrogens with zero attached hydrogens (tertiary/aromatic N) is 2. The Morgan fingerprint density at radius 1 is 1.14 bits per heavy atom. The number of rotatable bonds is 8. The highest BCUT2D eigenvalue weighted by Gasteiger charge is 2.32. The van der Waals surface area contributed by atoms with Crippen LogP contribution in [0.25, 0.3) is 10.9 Å². The number of piperidine rings is 1. The highest BCUT2D eigenvalue weighted by Crippen LogP contribution is 2.30. The Hall–Kier alpha value is -3.28. The molecule has 1 N–H and O–H groups in total. The molecule has 3 aromatic rings. The highest BCUT2D eigenvalue weighted by atomic mass is 19.4. The average molecular weight is 513 g/mol. The van der Waals surface area contributed by atoms with E-state index in [-0.39, 0.29) is 23.8 Å². The van der Waals surface area contributed by atoms with Crippen molar-refractivity contribution in [1.82, 2.24) is 9.88 Å². The summed E-state index contributed by atoms with van der Waals surface area (Å²) in [6.07, 6.45) is 0.980. The predicted molar refractivity (Wildman–Crippen MR) is 136 cm³/mol. The first kappa shape index (κ1) is 26.8. The van der Waals surface area contributed by atoms with Gasteiger partial charge >= 0.3 is 6.36 Å². The summed E-state index contributed by atoms with van der Waals surface area (Å²) in [6.45, 7) is 2.08. The molecule has 0 spiro atoms. The summed E-state index contributed by atoms with van der Waals surface area (Å²) < 4.78 is 47.3. The van der Waals surface area contributed by atoms with Gasteiger partial charge in [-0.3, -0.25) is 9.88 Å². The molecule has 0 saturated carbocycles. The molecule has 1 aromatic heterocycles. The zero-order valence-electron chi connectivity index (χ0n) is 20.8. The van der Waals surface area contributed by atoms with Crippen LogP contribution < -0.4 is 9.47 Å². The van der Waals surface area contributed by atoms with Crippen molar-refractivity contribution in [3.63, 3.8) is 0 Å². The molecule has 0 aliphatic carbocycles. The van der Waals surface area contributed by atoms with Crippen molar-refractivity contribution in [2.45, 2.75) is 32.0 Å². The lowest BCUT2D eigenvalue weighted by atomic mass is 9.82. The lowest BCUT2D eigenvalue weighted by molar-refractivity contribution is -0.274. The molecule has 1 fully saturated rings. The quantitative estimate of drug-likeness (QED) is 0.407. The standard InChI is InChI=1S/C29H31F3N2O3/c1-36-25-11-12-27-26(18-25)22(13-15-33-27)8-4-7-21-14-17-34(19-24(21)20-35)16-5-9-23-6-2-3-10-28(23)37-29(30,31)32/h2-3,6,10-13,15,18,21,24,35H,4,7-8,14,16-17,19-20H2,1H3/t21-,24-/m1/s1. The summed E-state index contributed by atoms with van der Waals surface area (Å²) in [6, 6.07) is 13.9. The second kappa shape index (κ2) is 12.3. The molecule has 2 heterocycles. The number of aliphatic hydroxyl groups excluding tert-OH is 1. The zero-order chi connectivity index (χ0) is 26.3. The number of aromatic nitrogens is 1. The maximum Gasteiger partial charge on any atom is 0.573 e. The van der Waals surface area contributed by atoms with Crippen LogP contribution in [0, 0.1) is 23.7 Å². The number of methoxy groups -OCH3 is 1. The molecule has 8 heteroatoms. The van der Waals surface area contributed by atoms with Crippen LogP contribution in [0.1, 0.15) is 30.4 Å². The number of pyridine rings is 1. The Morgan fingerprint density at radius 2 is 1.97 bits per heavy atom. The number of alkyl halides is 3. The summed E-state index contributed by atoms with van der Waals surface area (Å²) in [5, 5.41) is 11.1. The van der Waals surface area contributed by atoms with Crippen LogP contribution in [0.3, 0.4) is 0 Å². The molecular weight excluding hydrogens is 481 g/mol. The number of hydrogen-bond donors (Lipinski definition) is 1. The fourth-order valence-corrected chi connectivity index (χ4v) is 5.00. The van der Waals surface area contributed by atoms with Crippen molar-refractivity contribution in [1.29, 1.82) is 0 Å². The number of aryl methyl sites for hydroxylation is 1. The van der Waals surface area contributed by atoms with E-state index in [1.165, 1.54) is 23.8 Å². The van der Waals surface area contributed by atoms with Gasteiger partial charge in [0.1, 0.15) is 11.5 Å². The number of fused-ring (bicyclic) bond motifs is 1. The largest absolute Gasteiger partial charge is 0.573 e. The van der Waals surface area contributed by atoms with Crippen LogP contribution in [-0.4, -0.2) is 54.7 Å². The average Bonchev–Trinajstić information content (AvgIpc) is 2.89. The van der Waals surface area contributed by atoms with Gasteiger partial charge in [0.2, 0.25) is 0 Å². The summed E-state index contributed by atoms with van der Waals surface area (Å²) >= 11 is 0. The van der Waals surface area contributed by atoms with Crippen LogP contribution in [0.15, 0.2) is 54.7 Å². The normalized spacial score (nSPS) is 18.3. The van der Waals surface area contributed by atoms with Gasteiger partial charge in [-0.05, 0) is 86.0 Å². The molecular formula is C29H31F3N2O3. The minimum absolute atomic E-state index is 0.103. The van der Waals surface area contributed by atoms with Crippen molar-refractivity contribution in [3.05, 3.63) is 65.9 Å². The second-order valence-electron chi connectivity index (χ2n) is 9.32. The molecule has 1 aliphatic rings. The van der Waals surface area contributed by atoms with E-state index < -0.39 is 6.36 Å². The first-order valence-corrected chi connectivity index (χ1v) is 12.4. The number of para-hydroxylation sites is 1. The molecule has 37 heavy (non-hydrogen) atoms. The van der Waals surface area contributed by atoms with Crippen molar-refractivity contribution in [2.75, 3.05) is 33.4 Å². The fraction of sp³-hybridized carbons (Fsp3) is 0.414. The van der Waals surface area contributed by atoms with Gasteiger partial charge in [-0.25, -0.2) is 0 Å². The van der Waals surface area contributed by atoms with E-state index in [0.717, 1.165) is 48.9 Å². The van der Waals surface area contributed by atoms with Crippen molar-refractivity contribution < 1.29 is 27.8 Å². The van der Waals surface area contributed by atoms with E-state index in [4.69, 9.17) is 4.74 Å². The lowest BCUT2D eigenvalue weighted by Gasteiger charge is -2.37. The Bertz CT molecular complexity index is 1250. The Labute approximate surface area is 215 Å². The number of halogens is 3. The van der Waals surface area contributed by atoms with Gasteiger partial charge in [-0.2, -0.15) is 0 Å². The number of likely N-dealkylation sites (tertiary alicyclic amines) is 1. The molecule has 0 amide bonds. The SMILES string of the molecule is COc1ccc2nccc(CCC[C@@H]3CCN(CC#Cc4ccccc4OC(F)(F)F)C[C@@H]3CO)c2c1. The first-order valence-electron chi connectivity index (χ1n) is 12.4. The van der Waals surface area contributed by atoms with Gasteiger partial charge in [0.25, 0.3) is 0 Å². The van der Waals surface area contributed by atoms with Crippen LogP contribution in [-0.2, 0) is 6.42 Å². The summed E-state index contributed by atoms with van der Waals surface area (Å²) in [5.41, 5.74) is 2.40. The van der Waals surface area contributed by atoms with Gasteiger partial charge in [0.05, 0.1) is 24.7 Å². The van der Waals surface area contributed by atoms with E-state index in [1.54, 1.807) is 13.2 Å². The van der Waals surface area contributed by atoms with Gasteiger partial charge in [-0.15, -0.1) is 13.2 Å². The van der Waals surface area contributed by atoms with Gasteiger partial charge in [0.15, 0.2) is 0 Å². The highest BCUT2D eigenvalue weighted by molar-refractivity contribution is 5.83. The van der Waals surface area contributed by atoms with Crippen LogP contribution in [0.5, 0.6) is 11.5 Å². The van der Waals surface area contributed by atoms with Crippen LogP contribution in [0.2, 0.25) is 0 Å². The van der Waals surface area contributed by atoms with Crippen molar-refractivity contribution in [2.24, 2.45) is 11.8 Å². The van der Waals surface area contributed by atoms with Crippen LogP contribution >= 0.6 is 0 Å². The second-order valence-corrected chi connectivity index (χ2v) is 9.32. The third-order valence-electron chi connectivity index (χ3n) is 6.91. The zero-order valence-corrected chi connectivity index (χ0v) is 20.8. The number of benzene rings is 2. The minimum Gasteiger partial charge on any atom is -0.497 e. The molecule has 5 nitrogen and oxygen atoms in total. The van der Waals surface area contributed by atoms with Crippen molar-refractivity contribution in [3.8, 4) is 23.3 Å². The van der Waals surface area contributed by atoms with E-state index in [9.17, 15) is 18.3 Å². The Morgan fingerprint density at radius 3 is 2.76 bits per heavy atom. The third kappa shape index (κ3) is 7.37. The molecule has 0 unspecified atom stereocenters. The van der Waals surface area contributed by atoms with E-state index >= 15 is 0 Å². The minimum atomic E-state index is -4.76. The summed E-state index contributed by atoms with van der Waals surface area (Å²) in [7, 11) is 1.66. The fourth-order valence-electron chi connectivity index (χ4n) is 5.00. The first-order chi connectivity index (χ1) is 17.9. The molecule has 0 bridgehead atoms. The van der Waals surface area contributed by atoms with E-state index in [1.807, 2.05) is 24.4 Å². The van der Waals surface area contributed by atoms with Crippen molar-refractivity contribution >= 4 is 10.9 Å². The topological polar surface area (TPSA) is 54.8 Å². The molecule has 4 rings (SSSR count).